The summed E-state index contributed by atoms with van der Waals surface area (Å²) in [6.07, 6.45) is 1.64. The van der Waals surface area contributed by atoms with Crippen LogP contribution >= 0.6 is 27.7 Å². The van der Waals surface area contributed by atoms with E-state index < -0.39 is 0 Å². The van der Waals surface area contributed by atoms with Gasteiger partial charge in [0.1, 0.15) is 18.2 Å². The van der Waals surface area contributed by atoms with E-state index in [4.69, 9.17) is 4.74 Å². The van der Waals surface area contributed by atoms with Crippen molar-refractivity contribution in [2.75, 3.05) is 11.1 Å². The Balaban J connectivity index is 1.55. The molecule has 0 atom stereocenters. The van der Waals surface area contributed by atoms with Crippen molar-refractivity contribution in [1.29, 1.82) is 0 Å². The van der Waals surface area contributed by atoms with E-state index in [0.29, 0.717) is 30.0 Å². The standard InChI is InChI=1S/C21H24BrN5O2S/c1-4-27-19(12-29-17-8-5-15(6-9-17)14(2)3)25-26-21(27)30-13-20(28)24-18-10-7-16(22)11-23-18/h5-11,14H,4,12-13H2,1-3H3,(H,23,24,28). The summed E-state index contributed by atoms with van der Waals surface area (Å²) in [5, 5.41) is 11.9. The number of rotatable bonds is 9. The van der Waals surface area contributed by atoms with Crippen molar-refractivity contribution in [2.45, 2.75) is 45.0 Å². The van der Waals surface area contributed by atoms with Gasteiger partial charge in [-0.25, -0.2) is 4.98 Å². The van der Waals surface area contributed by atoms with E-state index in [2.05, 4.69) is 62.4 Å². The van der Waals surface area contributed by atoms with Crippen molar-refractivity contribution in [2.24, 2.45) is 0 Å². The molecule has 0 radical (unpaired) electrons. The first-order valence-electron chi connectivity index (χ1n) is 9.65. The van der Waals surface area contributed by atoms with Crippen LogP contribution in [-0.4, -0.2) is 31.4 Å². The number of hydrogen-bond acceptors (Lipinski definition) is 6. The van der Waals surface area contributed by atoms with E-state index in [1.54, 1.807) is 12.3 Å². The molecule has 0 fully saturated rings. The van der Waals surface area contributed by atoms with Crippen molar-refractivity contribution in [3.63, 3.8) is 0 Å². The zero-order valence-electron chi connectivity index (χ0n) is 17.1. The number of ether oxygens (including phenoxy) is 1. The fraction of sp³-hybridized carbons (Fsp3) is 0.333. The van der Waals surface area contributed by atoms with Crippen molar-refractivity contribution in [1.82, 2.24) is 19.7 Å². The first kappa shape index (κ1) is 22.3. The Hall–Kier alpha value is -2.39. The van der Waals surface area contributed by atoms with Gasteiger partial charge in [0.05, 0.1) is 5.75 Å². The van der Waals surface area contributed by atoms with Crippen LogP contribution in [0.4, 0.5) is 5.82 Å². The number of halogens is 1. The molecule has 1 aromatic carbocycles. The average Bonchev–Trinajstić information content (AvgIpc) is 3.14. The lowest BCUT2D eigenvalue weighted by molar-refractivity contribution is -0.113. The minimum atomic E-state index is -0.150. The molecule has 0 saturated heterocycles. The minimum absolute atomic E-state index is 0.150. The largest absolute Gasteiger partial charge is 0.486 e. The number of aromatic nitrogens is 4. The van der Waals surface area contributed by atoms with Crippen LogP contribution in [0.1, 0.15) is 38.1 Å². The monoisotopic (exact) mass is 489 g/mol. The molecular weight excluding hydrogens is 466 g/mol. The Morgan fingerprint density at radius 3 is 2.60 bits per heavy atom. The molecule has 30 heavy (non-hydrogen) atoms. The summed E-state index contributed by atoms with van der Waals surface area (Å²) in [6, 6.07) is 11.7. The minimum Gasteiger partial charge on any atom is -0.486 e. The molecule has 158 valence electrons. The Bertz CT molecular complexity index is 974. The van der Waals surface area contributed by atoms with E-state index in [9.17, 15) is 4.79 Å². The number of carbonyl (C=O) groups is 1. The smallest absolute Gasteiger partial charge is 0.236 e. The van der Waals surface area contributed by atoms with Crippen LogP contribution in [-0.2, 0) is 17.9 Å². The Labute approximate surface area is 188 Å². The average molecular weight is 490 g/mol. The molecule has 7 nitrogen and oxygen atoms in total. The van der Waals surface area contributed by atoms with Crippen LogP contribution in [0.5, 0.6) is 5.75 Å². The van der Waals surface area contributed by atoms with Gasteiger partial charge in [0.2, 0.25) is 5.91 Å². The highest BCUT2D eigenvalue weighted by Crippen LogP contribution is 2.21. The molecule has 3 rings (SSSR count). The fourth-order valence-corrected chi connectivity index (χ4v) is 3.76. The first-order chi connectivity index (χ1) is 14.5. The summed E-state index contributed by atoms with van der Waals surface area (Å²) in [4.78, 5) is 16.3. The third-order valence-electron chi connectivity index (χ3n) is 4.35. The van der Waals surface area contributed by atoms with Gasteiger partial charge >= 0.3 is 0 Å². The molecule has 0 aliphatic rings. The second-order valence-corrected chi connectivity index (χ2v) is 8.71. The number of amides is 1. The van der Waals surface area contributed by atoms with Crippen molar-refractivity contribution >= 4 is 39.4 Å². The summed E-state index contributed by atoms with van der Waals surface area (Å²) >= 11 is 4.65. The molecule has 9 heteroatoms. The Morgan fingerprint density at radius 2 is 1.97 bits per heavy atom. The number of benzene rings is 1. The number of thioether (sulfide) groups is 1. The van der Waals surface area contributed by atoms with Crippen LogP contribution in [0.2, 0.25) is 0 Å². The van der Waals surface area contributed by atoms with Gasteiger partial charge in [-0.3, -0.25) is 4.79 Å². The number of hydrogen-bond donors (Lipinski definition) is 1. The van der Waals surface area contributed by atoms with Crippen LogP contribution in [0, 0.1) is 0 Å². The topological polar surface area (TPSA) is 81.9 Å². The Morgan fingerprint density at radius 1 is 1.20 bits per heavy atom. The maximum Gasteiger partial charge on any atom is 0.236 e. The maximum atomic E-state index is 12.2. The van der Waals surface area contributed by atoms with Gasteiger partial charge in [0, 0.05) is 17.2 Å². The number of nitrogens with one attached hydrogen (secondary N) is 1. The highest BCUT2D eigenvalue weighted by molar-refractivity contribution is 9.10. The zero-order chi connectivity index (χ0) is 21.5. The maximum absolute atomic E-state index is 12.2. The number of nitrogens with zero attached hydrogens (tertiary/aromatic N) is 4. The summed E-state index contributed by atoms with van der Waals surface area (Å²) in [6.45, 7) is 7.34. The second kappa shape index (κ2) is 10.6. The lowest BCUT2D eigenvalue weighted by Crippen LogP contribution is -2.15. The van der Waals surface area contributed by atoms with E-state index >= 15 is 0 Å². The molecule has 2 aromatic heterocycles. The molecular formula is C21H24BrN5O2S. The van der Waals surface area contributed by atoms with Crippen LogP contribution in [0.25, 0.3) is 0 Å². The van der Waals surface area contributed by atoms with Crippen LogP contribution < -0.4 is 10.1 Å². The van der Waals surface area contributed by atoms with Crippen molar-refractivity contribution < 1.29 is 9.53 Å². The highest BCUT2D eigenvalue weighted by atomic mass is 79.9. The number of pyridine rings is 1. The van der Waals surface area contributed by atoms with Crippen molar-refractivity contribution in [3.8, 4) is 5.75 Å². The summed E-state index contributed by atoms with van der Waals surface area (Å²) in [5.41, 5.74) is 1.27. The van der Waals surface area contributed by atoms with E-state index in [-0.39, 0.29) is 11.7 Å². The third-order valence-corrected chi connectivity index (χ3v) is 5.79. The quantitative estimate of drug-likeness (QED) is 0.431. The van der Waals surface area contributed by atoms with E-state index in [0.717, 1.165) is 16.0 Å². The molecule has 0 unspecified atom stereocenters. The predicted molar refractivity (Wildman–Crippen MR) is 122 cm³/mol. The van der Waals surface area contributed by atoms with E-state index in [1.807, 2.05) is 29.7 Å². The summed E-state index contributed by atoms with van der Waals surface area (Å²) in [7, 11) is 0. The van der Waals surface area contributed by atoms with Gasteiger partial charge in [0.15, 0.2) is 11.0 Å². The Kier molecular flexibility index (Phi) is 7.87. The van der Waals surface area contributed by atoms with Gasteiger partial charge in [-0.05, 0) is 58.6 Å². The van der Waals surface area contributed by atoms with Crippen molar-refractivity contribution in [3.05, 3.63) is 58.5 Å². The SMILES string of the molecule is CCn1c(COc2ccc(C(C)C)cc2)nnc1SCC(=O)Nc1ccc(Br)cn1. The third kappa shape index (κ3) is 6.06. The molecule has 3 aromatic rings. The molecule has 0 aliphatic carbocycles. The van der Waals surface area contributed by atoms with Gasteiger partial charge in [-0.15, -0.1) is 10.2 Å². The first-order valence-corrected chi connectivity index (χ1v) is 11.4. The number of carbonyl (C=O) groups excluding carboxylic acids is 1. The zero-order valence-corrected chi connectivity index (χ0v) is 19.5. The predicted octanol–water partition coefficient (Wildman–Crippen LogP) is 4.89. The second-order valence-electron chi connectivity index (χ2n) is 6.85. The highest BCUT2D eigenvalue weighted by Gasteiger charge is 2.14. The van der Waals surface area contributed by atoms with E-state index in [1.165, 1.54) is 17.3 Å². The molecule has 1 N–H and O–H groups in total. The molecule has 0 aliphatic heterocycles. The molecule has 0 spiro atoms. The van der Waals surface area contributed by atoms with Crippen LogP contribution in [0.3, 0.4) is 0 Å². The normalized spacial score (nSPS) is 11.0. The summed E-state index contributed by atoms with van der Waals surface area (Å²) in [5.74, 6) is 2.58. The molecule has 2 heterocycles. The number of anilines is 1. The fourth-order valence-electron chi connectivity index (χ4n) is 2.71. The van der Waals surface area contributed by atoms with Gasteiger partial charge in [-0.1, -0.05) is 37.7 Å². The molecule has 0 bridgehead atoms. The van der Waals surface area contributed by atoms with Crippen LogP contribution in [0.15, 0.2) is 52.2 Å². The summed E-state index contributed by atoms with van der Waals surface area (Å²) < 4.78 is 8.69. The van der Waals surface area contributed by atoms with Gasteiger partial charge in [0.25, 0.3) is 0 Å². The molecule has 0 saturated carbocycles. The van der Waals surface area contributed by atoms with Gasteiger partial charge < -0.3 is 14.6 Å². The molecule has 1 amide bonds. The lowest BCUT2D eigenvalue weighted by Gasteiger charge is -2.10. The lowest BCUT2D eigenvalue weighted by atomic mass is 10.0. The van der Waals surface area contributed by atoms with Gasteiger partial charge in [-0.2, -0.15) is 0 Å².